The van der Waals surface area contributed by atoms with Gasteiger partial charge in [0.15, 0.2) is 5.13 Å². The van der Waals surface area contributed by atoms with Crippen molar-refractivity contribution >= 4 is 34.0 Å². The van der Waals surface area contributed by atoms with Gasteiger partial charge in [-0.3, -0.25) is 15.1 Å². The van der Waals surface area contributed by atoms with E-state index in [2.05, 4.69) is 20.3 Å². The molecule has 3 aromatic heterocycles. The summed E-state index contributed by atoms with van der Waals surface area (Å²) in [6.07, 6.45) is 4.92. The molecule has 0 aliphatic heterocycles. The molecule has 23 heavy (non-hydrogen) atoms. The first-order chi connectivity index (χ1) is 11.0. The summed E-state index contributed by atoms with van der Waals surface area (Å²) in [5.74, 6) is -0.321. The van der Waals surface area contributed by atoms with E-state index in [-0.39, 0.29) is 11.6 Å². The molecule has 3 aromatic rings. The molecule has 0 bridgehead atoms. The molecular weight excluding hydrogens is 332 g/mol. The number of pyridine rings is 2. The van der Waals surface area contributed by atoms with Crippen molar-refractivity contribution in [3.05, 3.63) is 58.1 Å². The van der Waals surface area contributed by atoms with Gasteiger partial charge in [0.05, 0.1) is 10.7 Å². The topological polar surface area (TPSA) is 67.8 Å². The summed E-state index contributed by atoms with van der Waals surface area (Å²) in [6.45, 7) is 3.84. The van der Waals surface area contributed by atoms with Gasteiger partial charge in [0.1, 0.15) is 5.69 Å². The number of nitrogens with one attached hydrogen (secondary N) is 1. The number of carbonyl (C=O) groups is 1. The number of hydrogen-bond donors (Lipinski definition) is 1. The highest BCUT2D eigenvalue weighted by Crippen LogP contribution is 2.29. The standard InChI is InChI=1S/C16H13ClN4OS/c1-9-3-4-18-6-12(9)11-5-14(19-7-13(11)17)15(22)21-16-20-10(2)8-23-16/h3-8H,1-2H3,(H,20,21,22). The van der Waals surface area contributed by atoms with Crippen molar-refractivity contribution in [1.82, 2.24) is 15.0 Å². The number of carbonyl (C=O) groups excluding carboxylic acids is 1. The second kappa shape index (κ2) is 6.44. The highest BCUT2D eigenvalue weighted by Gasteiger charge is 2.14. The zero-order chi connectivity index (χ0) is 16.4. The Kier molecular flexibility index (Phi) is 4.36. The molecule has 116 valence electrons. The van der Waals surface area contributed by atoms with Crippen molar-refractivity contribution in [2.45, 2.75) is 13.8 Å². The van der Waals surface area contributed by atoms with E-state index in [9.17, 15) is 4.79 Å². The quantitative estimate of drug-likeness (QED) is 0.776. The molecule has 1 N–H and O–H groups in total. The van der Waals surface area contributed by atoms with Gasteiger partial charge in [-0.15, -0.1) is 11.3 Å². The maximum absolute atomic E-state index is 12.3. The molecule has 5 nitrogen and oxygen atoms in total. The molecular formula is C16H13ClN4OS. The fourth-order valence-corrected chi connectivity index (χ4v) is 2.98. The normalized spacial score (nSPS) is 10.6. The van der Waals surface area contributed by atoms with Crippen LogP contribution >= 0.6 is 22.9 Å². The van der Waals surface area contributed by atoms with E-state index in [4.69, 9.17) is 11.6 Å². The van der Waals surface area contributed by atoms with Crippen molar-refractivity contribution in [2.24, 2.45) is 0 Å². The highest BCUT2D eigenvalue weighted by atomic mass is 35.5. The molecule has 7 heteroatoms. The Hall–Kier alpha value is -2.31. The van der Waals surface area contributed by atoms with Gasteiger partial charge < -0.3 is 0 Å². The van der Waals surface area contributed by atoms with Crippen LogP contribution in [0.1, 0.15) is 21.7 Å². The largest absolute Gasteiger partial charge is 0.296 e. The lowest BCUT2D eigenvalue weighted by Crippen LogP contribution is -2.13. The molecule has 0 aromatic carbocycles. The van der Waals surface area contributed by atoms with Gasteiger partial charge in [0.25, 0.3) is 5.91 Å². The van der Waals surface area contributed by atoms with Crippen LogP contribution in [0.3, 0.4) is 0 Å². The van der Waals surface area contributed by atoms with Crippen LogP contribution in [0.25, 0.3) is 11.1 Å². The fraction of sp³-hybridized carbons (Fsp3) is 0.125. The lowest BCUT2D eigenvalue weighted by atomic mass is 10.0. The van der Waals surface area contributed by atoms with E-state index in [1.54, 1.807) is 18.5 Å². The summed E-state index contributed by atoms with van der Waals surface area (Å²) in [4.78, 5) is 24.8. The SMILES string of the molecule is Cc1csc(NC(=O)c2cc(-c3cnccc3C)c(Cl)cn2)n1. The summed E-state index contributed by atoms with van der Waals surface area (Å²) in [5.41, 5.74) is 3.77. The molecule has 1 amide bonds. The van der Waals surface area contributed by atoms with Crippen LogP contribution in [0, 0.1) is 13.8 Å². The summed E-state index contributed by atoms with van der Waals surface area (Å²) in [5, 5.41) is 5.63. The number of anilines is 1. The first kappa shape index (κ1) is 15.6. The molecule has 0 saturated heterocycles. The minimum atomic E-state index is -0.321. The minimum Gasteiger partial charge on any atom is -0.296 e. The molecule has 0 fully saturated rings. The van der Waals surface area contributed by atoms with E-state index in [0.29, 0.717) is 10.2 Å². The number of aromatic nitrogens is 3. The Morgan fingerprint density at radius 3 is 2.78 bits per heavy atom. The Bertz CT molecular complexity index is 878. The van der Waals surface area contributed by atoms with Crippen LogP contribution in [-0.2, 0) is 0 Å². The maximum Gasteiger partial charge on any atom is 0.276 e. The van der Waals surface area contributed by atoms with Gasteiger partial charge in [-0.05, 0) is 31.5 Å². The van der Waals surface area contributed by atoms with Crippen molar-refractivity contribution in [3.8, 4) is 11.1 Å². The van der Waals surface area contributed by atoms with Crippen molar-refractivity contribution in [1.29, 1.82) is 0 Å². The molecule has 0 atom stereocenters. The van der Waals surface area contributed by atoms with Gasteiger partial charge in [0, 0.05) is 35.1 Å². The monoisotopic (exact) mass is 344 g/mol. The molecule has 0 aliphatic rings. The number of aryl methyl sites for hydroxylation is 2. The molecule has 0 aliphatic carbocycles. The molecule has 3 heterocycles. The van der Waals surface area contributed by atoms with Crippen LogP contribution in [0.4, 0.5) is 5.13 Å². The zero-order valence-corrected chi connectivity index (χ0v) is 14.1. The average molecular weight is 345 g/mol. The third-order valence-electron chi connectivity index (χ3n) is 3.26. The predicted molar refractivity (Wildman–Crippen MR) is 92.0 cm³/mol. The van der Waals surface area contributed by atoms with Crippen LogP contribution in [0.5, 0.6) is 0 Å². The molecule has 0 spiro atoms. The van der Waals surface area contributed by atoms with Gasteiger partial charge in [0.2, 0.25) is 0 Å². The number of rotatable bonds is 3. The lowest BCUT2D eigenvalue weighted by Gasteiger charge is -2.09. The van der Waals surface area contributed by atoms with Gasteiger partial charge in [-0.1, -0.05) is 11.6 Å². The minimum absolute atomic E-state index is 0.278. The average Bonchev–Trinajstić information content (AvgIpc) is 2.93. The Labute approximate surface area is 142 Å². The molecule has 3 rings (SSSR count). The highest BCUT2D eigenvalue weighted by molar-refractivity contribution is 7.13. The molecule has 0 radical (unpaired) electrons. The summed E-state index contributed by atoms with van der Waals surface area (Å²) >= 11 is 7.61. The van der Waals surface area contributed by atoms with Gasteiger partial charge in [-0.2, -0.15) is 0 Å². The number of nitrogens with zero attached hydrogens (tertiary/aromatic N) is 3. The van der Waals surface area contributed by atoms with Crippen molar-refractivity contribution in [2.75, 3.05) is 5.32 Å². The van der Waals surface area contributed by atoms with Gasteiger partial charge >= 0.3 is 0 Å². The maximum atomic E-state index is 12.3. The predicted octanol–water partition coefficient (Wildman–Crippen LogP) is 4.12. The Morgan fingerprint density at radius 1 is 1.26 bits per heavy atom. The third-order valence-corrected chi connectivity index (χ3v) is 4.43. The van der Waals surface area contributed by atoms with Crippen molar-refractivity contribution < 1.29 is 4.79 Å². The number of thiazole rings is 1. The number of amides is 1. The second-order valence-electron chi connectivity index (χ2n) is 4.99. The lowest BCUT2D eigenvalue weighted by molar-refractivity contribution is 0.102. The first-order valence-corrected chi connectivity index (χ1v) is 8.10. The Balaban J connectivity index is 1.94. The van der Waals surface area contributed by atoms with E-state index in [1.807, 2.05) is 25.3 Å². The van der Waals surface area contributed by atoms with Crippen LogP contribution in [-0.4, -0.2) is 20.9 Å². The second-order valence-corrected chi connectivity index (χ2v) is 6.25. The summed E-state index contributed by atoms with van der Waals surface area (Å²) in [6, 6.07) is 3.56. The summed E-state index contributed by atoms with van der Waals surface area (Å²) < 4.78 is 0. The van der Waals surface area contributed by atoms with Crippen LogP contribution in [0.2, 0.25) is 5.02 Å². The van der Waals surface area contributed by atoms with E-state index in [1.165, 1.54) is 17.5 Å². The zero-order valence-electron chi connectivity index (χ0n) is 12.5. The smallest absolute Gasteiger partial charge is 0.276 e. The number of hydrogen-bond acceptors (Lipinski definition) is 5. The van der Waals surface area contributed by atoms with Crippen LogP contribution < -0.4 is 5.32 Å². The van der Waals surface area contributed by atoms with Crippen LogP contribution in [0.15, 0.2) is 36.1 Å². The molecule has 0 unspecified atom stereocenters. The van der Waals surface area contributed by atoms with Crippen molar-refractivity contribution in [3.63, 3.8) is 0 Å². The summed E-state index contributed by atoms with van der Waals surface area (Å²) in [7, 11) is 0. The number of halogens is 1. The van der Waals surface area contributed by atoms with E-state index >= 15 is 0 Å². The van der Waals surface area contributed by atoms with E-state index in [0.717, 1.165) is 22.4 Å². The van der Waals surface area contributed by atoms with Gasteiger partial charge in [-0.25, -0.2) is 9.97 Å². The third kappa shape index (κ3) is 3.38. The fourth-order valence-electron chi connectivity index (χ4n) is 2.09. The Morgan fingerprint density at radius 2 is 2.09 bits per heavy atom. The first-order valence-electron chi connectivity index (χ1n) is 6.84. The van der Waals surface area contributed by atoms with E-state index < -0.39 is 0 Å². The molecule has 0 saturated carbocycles.